The largest absolute Gasteiger partial charge is 0.497 e. The number of fused-ring (bicyclic) bond motifs is 4. The molecule has 34 heavy (non-hydrogen) atoms. The summed E-state index contributed by atoms with van der Waals surface area (Å²) < 4.78 is 51.0. The van der Waals surface area contributed by atoms with Gasteiger partial charge in [0, 0.05) is 12.2 Å². The van der Waals surface area contributed by atoms with Crippen LogP contribution in [0.25, 0.3) is 0 Å². The number of anilines is 2. The average molecular weight is 475 g/mol. The maximum atomic E-state index is 13.9. The van der Waals surface area contributed by atoms with E-state index in [0.29, 0.717) is 11.4 Å². The molecule has 2 fully saturated rings. The minimum Gasteiger partial charge on any atom is -0.497 e. The number of hydrogen-bond donors (Lipinski definition) is 1. The van der Waals surface area contributed by atoms with E-state index in [9.17, 15) is 27.6 Å². The van der Waals surface area contributed by atoms with Crippen molar-refractivity contribution in [1.82, 2.24) is 5.32 Å². The lowest BCUT2D eigenvalue weighted by Gasteiger charge is -2.53. The molecule has 2 saturated heterocycles. The maximum Gasteiger partial charge on any atom is 0.416 e. The Hall–Kier alpha value is -3.60. The highest BCUT2D eigenvalue weighted by atomic mass is 19.4. The van der Waals surface area contributed by atoms with E-state index < -0.39 is 41.0 Å². The summed E-state index contributed by atoms with van der Waals surface area (Å²) in [6.07, 6.45) is -4.89. The van der Waals surface area contributed by atoms with Gasteiger partial charge in [0.25, 0.3) is 5.91 Å². The quantitative estimate of drug-likeness (QED) is 0.673. The Kier molecular flexibility index (Phi) is 5.05. The lowest BCUT2D eigenvalue weighted by atomic mass is 9.68. The molecule has 4 amide bonds. The summed E-state index contributed by atoms with van der Waals surface area (Å²) in [4.78, 5) is 42.6. The number of barbiturate groups is 1. The van der Waals surface area contributed by atoms with Crippen LogP contribution in [0.4, 0.5) is 29.3 Å². The zero-order valence-electron chi connectivity index (χ0n) is 18.0. The number of nitrogens with zero attached hydrogens (tertiary/aromatic N) is 2. The molecule has 0 aliphatic carbocycles. The predicted molar refractivity (Wildman–Crippen MR) is 114 cm³/mol. The van der Waals surface area contributed by atoms with Crippen LogP contribution in [0.1, 0.15) is 11.1 Å². The summed E-state index contributed by atoms with van der Waals surface area (Å²) >= 11 is 0. The summed E-state index contributed by atoms with van der Waals surface area (Å²) in [7, 11) is 1.47. The van der Waals surface area contributed by atoms with E-state index in [1.54, 1.807) is 17.0 Å². The van der Waals surface area contributed by atoms with Gasteiger partial charge >= 0.3 is 12.2 Å². The number of carbonyl (C=O) groups excluding carboxylic acids is 3. The highest BCUT2D eigenvalue weighted by molar-refractivity contribution is 6.30. The van der Waals surface area contributed by atoms with Crippen LogP contribution in [0.5, 0.6) is 5.75 Å². The van der Waals surface area contributed by atoms with E-state index in [4.69, 9.17) is 9.47 Å². The van der Waals surface area contributed by atoms with Crippen molar-refractivity contribution in [3.8, 4) is 5.75 Å². The molecule has 3 heterocycles. The fourth-order valence-corrected chi connectivity index (χ4v) is 4.97. The minimum absolute atomic E-state index is 0.00423. The molecule has 0 unspecified atom stereocenters. The van der Waals surface area contributed by atoms with Gasteiger partial charge in [-0.15, -0.1) is 0 Å². The van der Waals surface area contributed by atoms with Gasteiger partial charge in [0.15, 0.2) is 5.41 Å². The van der Waals surface area contributed by atoms with Crippen molar-refractivity contribution in [3.63, 3.8) is 0 Å². The first kappa shape index (κ1) is 22.2. The Morgan fingerprint density at radius 2 is 1.85 bits per heavy atom. The van der Waals surface area contributed by atoms with Crippen LogP contribution in [0.15, 0.2) is 42.5 Å². The molecule has 2 aromatic rings. The molecule has 5 rings (SSSR count). The van der Waals surface area contributed by atoms with Crippen LogP contribution in [0.3, 0.4) is 0 Å². The molecule has 8 nitrogen and oxygen atoms in total. The highest BCUT2D eigenvalue weighted by Crippen LogP contribution is 2.47. The Morgan fingerprint density at radius 1 is 1.12 bits per heavy atom. The van der Waals surface area contributed by atoms with E-state index in [-0.39, 0.29) is 37.4 Å². The molecule has 1 N–H and O–H groups in total. The van der Waals surface area contributed by atoms with Gasteiger partial charge in [0.05, 0.1) is 37.6 Å². The fourth-order valence-electron chi connectivity index (χ4n) is 4.97. The summed E-state index contributed by atoms with van der Waals surface area (Å²) in [5.74, 6) is -1.16. The van der Waals surface area contributed by atoms with Gasteiger partial charge < -0.3 is 14.4 Å². The van der Waals surface area contributed by atoms with Crippen molar-refractivity contribution in [2.75, 3.05) is 36.7 Å². The number of hydrogen-bond acceptors (Lipinski definition) is 6. The third-order valence-corrected chi connectivity index (χ3v) is 6.63. The van der Waals surface area contributed by atoms with E-state index >= 15 is 0 Å². The molecule has 2 atom stereocenters. The normalized spacial score (nSPS) is 24.6. The van der Waals surface area contributed by atoms with Crippen LogP contribution < -0.4 is 19.9 Å². The van der Waals surface area contributed by atoms with Gasteiger partial charge in [-0.2, -0.15) is 13.2 Å². The lowest BCUT2D eigenvalue weighted by Crippen LogP contribution is -2.74. The SMILES string of the molecule is COc1ccc(N2C(=O)NC(=O)[C@]3(Cc4cc(C(F)(F)F)ccc4N4CCOC[C@@H]43)C2=O)cc1. The smallest absolute Gasteiger partial charge is 0.416 e. The highest BCUT2D eigenvalue weighted by Gasteiger charge is 2.63. The standard InChI is InChI=1S/C23H20F3N3O5/c1-33-16-5-3-15(4-6-16)29-20(31)22(19(30)27-21(29)32)11-13-10-14(23(24,25)26)2-7-17(13)28-8-9-34-12-18(22)28/h2-7,10,18H,8-9,11-12H2,1H3,(H,27,30,32)/t18-,22-/m1/s1. The Labute approximate surface area is 192 Å². The number of imide groups is 2. The first-order valence-electron chi connectivity index (χ1n) is 10.6. The number of urea groups is 1. The molecule has 3 aliphatic rings. The van der Waals surface area contributed by atoms with Gasteiger partial charge in [-0.1, -0.05) is 0 Å². The van der Waals surface area contributed by atoms with Crippen molar-refractivity contribution in [2.24, 2.45) is 5.41 Å². The molecule has 2 aromatic carbocycles. The van der Waals surface area contributed by atoms with E-state index in [1.165, 1.54) is 25.3 Å². The number of alkyl halides is 3. The number of ether oxygens (including phenoxy) is 2. The number of rotatable bonds is 2. The second kappa shape index (κ2) is 7.73. The van der Waals surface area contributed by atoms with Crippen molar-refractivity contribution in [1.29, 1.82) is 0 Å². The third kappa shape index (κ3) is 3.22. The molecule has 0 aromatic heterocycles. The molecule has 0 saturated carbocycles. The van der Waals surface area contributed by atoms with Gasteiger partial charge in [0.1, 0.15) is 5.75 Å². The molecule has 3 aliphatic heterocycles. The molecule has 0 bridgehead atoms. The van der Waals surface area contributed by atoms with E-state index in [2.05, 4.69) is 5.32 Å². The lowest BCUT2D eigenvalue weighted by molar-refractivity contribution is -0.146. The molecular weight excluding hydrogens is 455 g/mol. The van der Waals surface area contributed by atoms with E-state index in [1.807, 2.05) is 0 Å². The molecule has 1 spiro atoms. The van der Waals surface area contributed by atoms with Crippen molar-refractivity contribution >= 4 is 29.2 Å². The zero-order chi connectivity index (χ0) is 24.3. The molecule has 11 heteroatoms. The summed E-state index contributed by atoms with van der Waals surface area (Å²) in [5.41, 5.74) is -1.81. The number of benzene rings is 2. The van der Waals surface area contributed by atoms with Crippen molar-refractivity contribution in [2.45, 2.75) is 18.6 Å². The second-order valence-corrected chi connectivity index (χ2v) is 8.37. The Morgan fingerprint density at radius 3 is 2.53 bits per heavy atom. The van der Waals surface area contributed by atoms with Gasteiger partial charge in [-0.3, -0.25) is 14.9 Å². The third-order valence-electron chi connectivity index (χ3n) is 6.63. The summed E-state index contributed by atoms with van der Waals surface area (Å²) in [6, 6.07) is 7.69. The fraction of sp³-hybridized carbons (Fsp3) is 0.348. The Bertz CT molecular complexity index is 1180. The van der Waals surface area contributed by atoms with Crippen LogP contribution >= 0.6 is 0 Å². The maximum absolute atomic E-state index is 13.9. The number of halogens is 3. The van der Waals surface area contributed by atoms with Crippen LogP contribution in [0.2, 0.25) is 0 Å². The summed E-state index contributed by atoms with van der Waals surface area (Å²) in [5, 5.41) is 2.25. The Balaban J connectivity index is 1.64. The van der Waals surface area contributed by atoms with Gasteiger partial charge in [0.2, 0.25) is 5.91 Å². The van der Waals surface area contributed by atoms with Crippen LogP contribution in [0, 0.1) is 5.41 Å². The van der Waals surface area contributed by atoms with E-state index in [0.717, 1.165) is 17.0 Å². The first-order valence-corrected chi connectivity index (χ1v) is 10.6. The number of morpholine rings is 1. The van der Waals surface area contributed by atoms with Crippen molar-refractivity contribution in [3.05, 3.63) is 53.6 Å². The van der Waals surface area contributed by atoms with Crippen LogP contribution in [-0.4, -0.2) is 50.8 Å². The summed E-state index contributed by atoms with van der Waals surface area (Å²) in [6.45, 7) is 0.566. The van der Waals surface area contributed by atoms with Crippen molar-refractivity contribution < 1.29 is 37.0 Å². The zero-order valence-corrected chi connectivity index (χ0v) is 18.0. The average Bonchev–Trinajstić information content (AvgIpc) is 2.82. The molecule has 0 radical (unpaired) electrons. The topological polar surface area (TPSA) is 88.2 Å². The predicted octanol–water partition coefficient (Wildman–Crippen LogP) is 2.74. The van der Waals surface area contributed by atoms with Gasteiger partial charge in [-0.25, -0.2) is 9.69 Å². The number of carbonyl (C=O) groups is 3. The number of amides is 4. The minimum atomic E-state index is -4.59. The van der Waals surface area contributed by atoms with Gasteiger partial charge in [-0.05, 0) is 54.4 Å². The van der Waals surface area contributed by atoms with Crippen LogP contribution in [-0.2, 0) is 26.9 Å². The number of methoxy groups -OCH3 is 1. The molecule has 178 valence electrons. The monoisotopic (exact) mass is 475 g/mol. The first-order chi connectivity index (χ1) is 16.2. The number of nitrogens with one attached hydrogen (secondary N) is 1. The molecular formula is C23H20F3N3O5. The second-order valence-electron chi connectivity index (χ2n) is 8.37.